The van der Waals surface area contributed by atoms with E-state index in [1.165, 1.54) is 0 Å². The molecule has 0 amide bonds. The molecule has 1 aromatic carbocycles. The average Bonchev–Trinajstić information content (AvgIpc) is 3.26. The van der Waals surface area contributed by atoms with E-state index in [1.54, 1.807) is 4.68 Å². The number of rotatable bonds is 10. The van der Waals surface area contributed by atoms with Crippen molar-refractivity contribution in [2.75, 3.05) is 13.2 Å². The Bertz CT molecular complexity index is 1130. The molecule has 0 saturated carbocycles. The van der Waals surface area contributed by atoms with Crippen LogP contribution in [0.2, 0.25) is 18.1 Å². The minimum atomic E-state index is -1.81. The molecule has 2 aromatic heterocycles. The average molecular weight is 488 g/mol. The lowest BCUT2D eigenvalue weighted by Gasteiger charge is -2.36. The number of para-hydroxylation sites is 1. The van der Waals surface area contributed by atoms with Gasteiger partial charge in [-0.15, -0.1) is 0 Å². The highest BCUT2D eigenvalue weighted by Crippen LogP contribution is 2.38. The Morgan fingerprint density at radius 1 is 1.24 bits per heavy atom. The van der Waals surface area contributed by atoms with Gasteiger partial charge < -0.3 is 24.4 Å². The highest BCUT2D eigenvalue weighted by molar-refractivity contribution is 6.74. The maximum atomic E-state index is 10.8. The molecule has 0 aliphatic rings. The second-order valence-corrected chi connectivity index (χ2v) is 15.3. The van der Waals surface area contributed by atoms with Crippen molar-refractivity contribution in [1.82, 2.24) is 14.8 Å². The Labute approximate surface area is 204 Å². The third-order valence-electron chi connectivity index (χ3n) is 7.15. The first-order chi connectivity index (χ1) is 15.9. The van der Waals surface area contributed by atoms with Gasteiger partial charge in [0.2, 0.25) is 0 Å². The molecule has 8 heteroatoms. The van der Waals surface area contributed by atoms with E-state index in [2.05, 4.69) is 50.0 Å². The first-order valence-electron chi connectivity index (χ1n) is 12.1. The van der Waals surface area contributed by atoms with Crippen LogP contribution >= 0.6 is 0 Å². The molecule has 0 fully saturated rings. The SMILES string of the molecule is CCOC(O)c1[nH]c2c(-c3c(C)nn(C)c3CO)cccc2c1CCCO[Si](C)(C)C(C)(C)C. The molecule has 0 aliphatic carbocycles. The minimum Gasteiger partial charge on any atom is -0.417 e. The summed E-state index contributed by atoms with van der Waals surface area (Å²) in [6.45, 7) is 16.1. The normalized spacial score (nSPS) is 13.7. The number of aromatic amines is 1. The van der Waals surface area contributed by atoms with Crippen LogP contribution in [0.1, 0.15) is 63.1 Å². The van der Waals surface area contributed by atoms with Crippen LogP contribution < -0.4 is 0 Å². The number of benzene rings is 1. The molecule has 0 aliphatic heterocycles. The highest BCUT2D eigenvalue weighted by Gasteiger charge is 2.36. The summed E-state index contributed by atoms with van der Waals surface area (Å²) in [7, 11) is 0.0311. The van der Waals surface area contributed by atoms with E-state index in [0.29, 0.717) is 18.9 Å². The number of ether oxygens (including phenoxy) is 1. The Kier molecular flexibility index (Phi) is 8.09. The van der Waals surface area contributed by atoms with Gasteiger partial charge in [0.05, 0.1) is 29.2 Å². The Hall–Kier alpha value is -1.97. The van der Waals surface area contributed by atoms with Crippen molar-refractivity contribution in [2.45, 2.75) is 78.5 Å². The van der Waals surface area contributed by atoms with Crippen LogP contribution in [-0.4, -0.2) is 46.5 Å². The summed E-state index contributed by atoms with van der Waals surface area (Å²) in [4.78, 5) is 3.46. The van der Waals surface area contributed by atoms with Crippen LogP contribution in [0.3, 0.4) is 0 Å². The number of aromatic nitrogens is 3. The number of nitrogens with zero attached hydrogens (tertiary/aromatic N) is 2. The van der Waals surface area contributed by atoms with Gasteiger partial charge in [-0.3, -0.25) is 4.68 Å². The van der Waals surface area contributed by atoms with Crippen molar-refractivity contribution in [3.05, 3.63) is 40.8 Å². The Morgan fingerprint density at radius 3 is 2.56 bits per heavy atom. The van der Waals surface area contributed by atoms with Crippen molar-refractivity contribution in [2.24, 2.45) is 7.05 Å². The molecule has 0 radical (unpaired) electrons. The molecule has 0 bridgehead atoms. The number of hydrogen-bond donors (Lipinski definition) is 3. The zero-order valence-electron chi connectivity index (χ0n) is 22.0. The minimum absolute atomic E-state index is 0.101. The Morgan fingerprint density at radius 2 is 1.94 bits per heavy atom. The predicted molar refractivity (Wildman–Crippen MR) is 139 cm³/mol. The second-order valence-electron chi connectivity index (χ2n) is 10.5. The molecule has 3 rings (SSSR count). The topological polar surface area (TPSA) is 92.5 Å². The molecule has 34 heavy (non-hydrogen) atoms. The number of nitrogens with one attached hydrogen (secondary N) is 1. The molecule has 188 valence electrons. The van der Waals surface area contributed by atoms with Gasteiger partial charge in [0.15, 0.2) is 14.6 Å². The lowest BCUT2D eigenvalue weighted by atomic mass is 9.98. The smallest absolute Gasteiger partial charge is 0.196 e. The van der Waals surface area contributed by atoms with Crippen LogP contribution in [0.15, 0.2) is 18.2 Å². The van der Waals surface area contributed by atoms with Crippen LogP contribution in [0.4, 0.5) is 0 Å². The summed E-state index contributed by atoms with van der Waals surface area (Å²) in [6, 6.07) is 6.13. The van der Waals surface area contributed by atoms with Gasteiger partial charge in [0.25, 0.3) is 0 Å². The van der Waals surface area contributed by atoms with Gasteiger partial charge in [-0.2, -0.15) is 5.10 Å². The van der Waals surface area contributed by atoms with Crippen LogP contribution in [0.25, 0.3) is 22.0 Å². The molecule has 0 spiro atoms. The maximum absolute atomic E-state index is 10.8. The molecular weight excluding hydrogens is 446 g/mol. The van der Waals surface area contributed by atoms with Crippen molar-refractivity contribution in [1.29, 1.82) is 0 Å². The molecule has 7 nitrogen and oxygen atoms in total. The Balaban J connectivity index is 2.01. The summed E-state index contributed by atoms with van der Waals surface area (Å²) in [5.74, 6) is 0. The van der Waals surface area contributed by atoms with Crippen LogP contribution in [-0.2, 0) is 29.2 Å². The maximum Gasteiger partial charge on any atom is 0.196 e. The van der Waals surface area contributed by atoms with Gasteiger partial charge in [-0.25, -0.2) is 0 Å². The summed E-state index contributed by atoms with van der Waals surface area (Å²) >= 11 is 0. The largest absolute Gasteiger partial charge is 0.417 e. The van der Waals surface area contributed by atoms with Gasteiger partial charge >= 0.3 is 0 Å². The van der Waals surface area contributed by atoms with Crippen molar-refractivity contribution in [3.8, 4) is 11.1 Å². The van der Waals surface area contributed by atoms with Crippen molar-refractivity contribution >= 4 is 19.2 Å². The summed E-state index contributed by atoms with van der Waals surface area (Å²) in [5.41, 5.74) is 6.14. The van der Waals surface area contributed by atoms with E-state index in [9.17, 15) is 10.2 Å². The van der Waals surface area contributed by atoms with Crippen molar-refractivity contribution in [3.63, 3.8) is 0 Å². The number of fused-ring (bicyclic) bond motifs is 1. The molecule has 0 saturated heterocycles. The van der Waals surface area contributed by atoms with E-state index in [0.717, 1.165) is 51.8 Å². The predicted octanol–water partition coefficient (Wildman–Crippen LogP) is 5.35. The van der Waals surface area contributed by atoms with E-state index in [1.807, 2.05) is 33.0 Å². The summed E-state index contributed by atoms with van der Waals surface area (Å²) in [6.07, 6.45) is 0.577. The van der Waals surface area contributed by atoms with E-state index < -0.39 is 14.6 Å². The summed E-state index contributed by atoms with van der Waals surface area (Å²) in [5, 5.41) is 26.5. The van der Waals surface area contributed by atoms with E-state index in [-0.39, 0.29) is 11.6 Å². The fraction of sp³-hybridized carbons (Fsp3) is 0.577. The number of H-pyrrole nitrogens is 1. The van der Waals surface area contributed by atoms with Crippen LogP contribution in [0.5, 0.6) is 0 Å². The second kappa shape index (κ2) is 10.3. The van der Waals surface area contributed by atoms with Gasteiger partial charge in [-0.1, -0.05) is 39.0 Å². The third-order valence-corrected chi connectivity index (χ3v) is 11.7. The molecular formula is C26H41N3O4Si. The molecule has 3 aromatic rings. The molecule has 3 N–H and O–H groups in total. The molecule has 1 atom stereocenters. The lowest BCUT2D eigenvalue weighted by molar-refractivity contribution is -0.101. The number of aryl methyl sites for hydroxylation is 3. The molecule has 2 heterocycles. The van der Waals surface area contributed by atoms with E-state index in [4.69, 9.17) is 9.16 Å². The standard InChI is InChI=1S/C26H41N3O4Si/c1-9-32-25(31)24-19(14-11-15-33-34(7,8)26(3,4)5)18-12-10-13-20(23(18)27-24)22-17(2)28-29(6)21(22)16-30/h10,12-13,25,27,30-31H,9,11,14-16H2,1-8H3. The fourth-order valence-corrected chi connectivity index (χ4v) is 5.34. The third kappa shape index (κ3) is 5.16. The van der Waals surface area contributed by atoms with E-state index >= 15 is 0 Å². The van der Waals surface area contributed by atoms with Gasteiger partial charge in [0, 0.05) is 36.8 Å². The monoisotopic (exact) mass is 487 g/mol. The van der Waals surface area contributed by atoms with Gasteiger partial charge in [-0.05, 0) is 50.4 Å². The quantitative estimate of drug-likeness (QED) is 0.204. The molecule has 1 unspecified atom stereocenters. The summed E-state index contributed by atoms with van der Waals surface area (Å²) < 4.78 is 13.7. The zero-order valence-corrected chi connectivity index (χ0v) is 23.0. The van der Waals surface area contributed by atoms with Crippen LogP contribution in [0, 0.1) is 6.92 Å². The number of hydrogen-bond acceptors (Lipinski definition) is 5. The van der Waals surface area contributed by atoms with Gasteiger partial charge in [0.1, 0.15) is 0 Å². The lowest BCUT2D eigenvalue weighted by Crippen LogP contribution is -2.41. The zero-order chi connectivity index (χ0) is 25.3. The first-order valence-corrected chi connectivity index (χ1v) is 15.0. The fourth-order valence-electron chi connectivity index (χ4n) is 4.25. The number of aliphatic hydroxyl groups is 2. The van der Waals surface area contributed by atoms with Crippen molar-refractivity contribution < 1.29 is 19.4 Å². The highest BCUT2D eigenvalue weighted by atomic mass is 28.4. The first kappa shape index (κ1) is 26.6. The number of aliphatic hydroxyl groups excluding tert-OH is 2.